The monoisotopic (exact) mass is 369 g/mol. The molecule has 1 saturated heterocycles. The molecule has 1 amide bonds. The lowest BCUT2D eigenvalue weighted by molar-refractivity contribution is 0.0439. The Kier molecular flexibility index (Phi) is 3.39. The predicted octanol–water partition coefficient (Wildman–Crippen LogP) is 2.31. The number of para-hydroxylation sites is 1. The third-order valence-electron chi connectivity index (χ3n) is 5.70. The molecule has 1 N–H and O–H groups in total. The number of aromatic nitrogens is 2. The smallest absolute Gasteiger partial charge is 0.272 e. The first-order valence-electron chi connectivity index (χ1n) is 8.67. The number of amides is 1. The minimum Gasteiger partial charge on any atom is -0.493 e. The van der Waals surface area contributed by atoms with E-state index in [4.69, 9.17) is 4.74 Å². The SMILES string of the molecule is Cc1nc2sccn2c1C(=O)N1CC2c3ccccc3OCC2(CO)C1. The Bertz CT molecular complexity index is 1010. The van der Waals surface area contributed by atoms with E-state index in [1.807, 2.05) is 52.1 Å². The van der Waals surface area contributed by atoms with Crippen molar-refractivity contribution in [3.05, 3.63) is 52.8 Å². The minimum absolute atomic E-state index is 0.00493. The van der Waals surface area contributed by atoms with Crippen molar-refractivity contribution in [1.29, 1.82) is 0 Å². The molecule has 2 aliphatic rings. The molecule has 3 aromatic rings. The predicted molar refractivity (Wildman–Crippen MR) is 97.9 cm³/mol. The average Bonchev–Trinajstić information content (AvgIpc) is 3.33. The van der Waals surface area contributed by atoms with Gasteiger partial charge in [-0.25, -0.2) is 4.98 Å². The number of thiazole rings is 1. The first-order chi connectivity index (χ1) is 12.6. The number of aliphatic hydroxyl groups is 1. The zero-order chi connectivity index (χ0) is 17.9. The lowest BCUT2D eigenvalue weighted by Crippen LogP contribution is -2.42. The van der Waals surface area contributed by atoms with Crippen LogP contribution in [0.25, 0.3) is 4.96 Å². The van der Waals surface area contributed by atoms with Crippen LogP contribution in [0.5, 0.6) is 5.75 Å². The summed E-state index contributed by atoms with van der Waals surface area (Å²) in [7, 11) is 0. The fourth-order valence-corrected chi connectivity index (χ4v) is 5.09. The lowest BCUT2D eigenvalue weighted by Gasteiger charge is -2.37. The van der Waals surface area contributed by atoms with Crippen molar-refractivity contribution in [3.8, 4) is 5.75 Å². The van der Waals surface area contributed by atoms with Gasteiger partial charge in [0.15, 0.2) is 4.96 Å². The molecule has 0 bridgehead atoms. The van der Waals surface area contributed by atoms with Crippen molar-refractivity contribution >= 4 is 22.2 Å². The van der Waals surface area contributed by atoms with Crippen LogP contribution < -0.4 is 4.74 Å². The highest BCUT2D eigenvalue weighted by molar-refractivity contribution is 7.15. The molecule has 26 heavy (non-hydrogen) atoms. The fraction of sp³-hybridized carbons (Fsp3) is 0.368. The molecule has 2 unspecified atom stereocenters. The van der Waals surface area contributed by atoms with Crippen LogP contribution in [0.3, 0.4) is 0 Å². The molecule has 0 aliphatic carbocycles. The first-order valence-corrected chi connectivity index (χ1v) is 9.55. The van der Waals surface area contributed by atoms with Gasteiger partial charge in [0.25, 0.3) is 5.91 Å². The van der Waals surface area contributed by atoms with E-state index in [-0.39, 0.29) is 18.4 Å². The molecule has 4 heterocycles. The molecule has 7 heteroatoms. The van der Waals surface area contributed by atoms with Gasteiger partial charge in [-0.15, -0.1) is 11.3 Å². The third kappa shape index (κ3) is 2.07. The summed E-state index contributed by atoms with van der Waals surface area (Å²) >= 11 is 1.52. The highest BCUT2D eigenvalue weighted by atomic mass is 32.1. The number of imidazole rings is 1. The maximum absolute atomic E-state index is 13.3. The minimum atomic E-state index is -0.448. The highest BCUT2D eigenvalue weighted by Crippen LogP contribution is 2.49. The van der Waals surface area contributed by atoms with E-state index in [2.05, 4.69) is 4.98 Å². The average molecular weight is 369 g/mol. The second-order valence-electron chi connectivity index (χ2n) is 7.19. The second kappa shape index (κ2) is 5.56. The highest BCUT2D eigenvalue weighted by Gasteiger charge is 2.52. The van der Waals surface area contributed by atoms with Crippen LogP contribution in [-0.4, -0.2) is 51.6 Å². The first kappa shape index (κ1) is 15.8. The Morgan fingerprint density at radius 1 is 1.46 bits per heavy atom. The van der Waals surface area contributed by atoms with Gasteiger partial charge in [-0.05, 0) is 18.6 Å². The van der Waals surface area contributed by atoms with Gasteiger partial charge in [0.1, 0.15) is 11.4 Å². The van der Waals surface area contributed by atoms with Gasteiger partial charge in [0.05, 0.1) is 24.3 Å². The topological polar surface area (TPSA) is 67.1 Å². The van der Waals surface area contributed by atoms with E-state index in [9.17, 15) is 9.90 Å². The molecule has 1 aromatic carbocycles. The molecule has 6 nitrogen and oxygen atoms in total. The van der Waals surface area contributed by atoms with E-state index in [0.29, 0.717) is 25.4 Å². The normalized spacial score (nSPS) is 24.4. The number of ether oxygens (including phenoxy) is 1. The number of carbonyl (C=O) groups is 1. The van der Waals surface area contributed by atoms with E-state index in [1.54, 1.807) is 0 Å². The van der Waals surface area contributed by atoms with E-state index >= 15 is 0 Å². The molecular formula is C19H19N3O3S. The molecule has 0 spiro atoms. The molecule has 1 fully saturated rings. The Labute approximate surface area is 154 Å². The standard InChI is InChI=1S/C19H19N3O3S/c1-12-16(22-6-7-26-18(22)20-12)17(24)21-8-14-13-4-2-3-5-15(13)25-11-19(14,9-21)10-23/h2-7,14,23H,8-11H2,1H3. The number of aliphatic hydroxyl groups excluding tert-OH is 1. The zero-order valence-electron chi connectivity index (χ0n) is 14.4. The van der Waals surface area contributed by atoms with Gasteiger partial charge in [-0.2, -0.15) is 0 Å². The van der Waals surface area contributed by atoms with Crippen molar-refractivity contribution in [3.63, 3.8) is 0 Å². The van der Waals surface area contributed by atoms with Gasteiger partial charge >= 0.3 is 0 Å². The van der Waals surface area contributed by atoms with Crippen LogP contribution in [0.1, 0.15) is 27.7 Å². The maximum Gasteiger partial charge on any atom is 0.272 e. The lowest BCUT2D eigenvalue weighted by atomic mass is 9.74. The Morgan fingerprint density at radius 2 is 2.31 bits per heavy atom. The van der Waals surface area contributed by atoms with Gasteiger partial charge in [-0.1, -0.05) is 18.2 Å². The van der Waals surface area contributed by atoms with Crippen molar-refractivity contribution in [1.82, 2.24) is 14.3 Å². The van der Waals surface area contributed by atoms with Crippen molar-refractivity contribution in [2.45, 2.75) is 12.8 Å². The van der Waals surface area contributed by atoms with Gasteiger partial charge in [0, 0.05) is 30.6 Å². The van der Waals surface area contributed by atoms with Crippen molar-refractivity contribution in [2.75, 3.05) is 26.3 Å². The molecule has 2 aliphatic heterocycles. The number of benzene rings is 1. The number of likely N-dealkylation sites (tertiary alicyclic amines) is 1. The number of aryl methyl sites for hydroxylation is 1. The van der Waals surface area contributed by atoms with E-state index in [1.165, 1.54) is 11.3 Å². The second-order valence-corrected chi connectivity index (χ2v) is 8.06. The van der Waals surface area contributed by atoms with Gasteiger partial charge < -0.3 is 14.7 Å². The summed E-state index contributed by atoms with van der Waals surface area (Å²) in [6, 6.07) is 7.93. The largest absolute Gasteiger partial charge is 0.493 e. The summed E-state index contributed by atoms with van der Waals surface area (Å²) < 4.78 is 7.78. The van der Waals surface area contributed by atoms with Crippen LogP contribution in [0.15, 0.2) is 35.8 Å². The Balaban J connectivity index is 1.54. The van der Waals surface area contributed by atoms with E-state index < -0.39 is 5.41 Å². The summed E-state index contributed by atoms with van der Waals surface area (Å²) in [6.45, 7) is 3.36. The summed E-state index contributed by atoms with van der Waals surface area (Å²) in [6.07, 6.45) is 1.89. The summed E-state index contributed by atoms with van der Waals surface area (Å²) in [5.41, 5.74) is 1.98. The molecule has 0 radical (unpaired) electrons. The molecule has 2 aromatic heterocycles. The van der Waals surface area contributed by atoms with Gasteiger partial charge in [0.2, 0.25) is 0 Å². The zero-order valence-corrected chi connectivity index (χ0v) is 15.2. The van der Waals surface area contributed by atoms with Crippen LogP contribution in [0.4, 0.5) is 0 Å². The van der Waals surface area contributed by atoms with Crippen LogP contribution >= 0.6 is 11.3 Å². The molecule has 134 valence electrons. The van der Waals surface area contributed by atoms with Crippen LogP contribution in [0, 0.1) is 12.3 Å². The summed E-state index contributed by atoms with van der Waals surface area (Å²) in [5.74, 6) is 0.900. The molecule has 0 saturated carbocycles. The number of rotatable bonds is 2. The fourth-order valence-electron chi connectivity index (χ4n) is 4.33. The van der Waals surface area contributed by atoms with Crippen molar-refractivity contribution < 1.29 is 14.6 Å². The van der Waals surface area contributed by atoms with Crippen LogP contribution in [0.2, 0.25) is 0 Å². The number of carbonyl (C=O) groups excluding carboxylic acids is 1. The maximum atomic E-state index is 13.3. The molecule has 5 rings (SSSR count). The number of nitrogens with zero attached hydrogens (tertiary/aromatic N) is 3. The molecular weight excluding hydrogens is 350 g/mol. The number of hydrogen-bond acceptors (Lipinski definition) is 5. The quantitative estimate of drug-likeness (QED) is 0.753. The van der Waals surface area contributed by atoms with E-state index in [0.717, 1.165) is 22.0 Å². The molecule has 2 atom stereocenters. The summed E-state index contributed by atoms with van der Waals surface area (Å²) in [5, 5.41) is 12.1. The number of fused-ring (bicyclic) bond motifs is 4. The summed E-state index contributed by atoms with van der Waals surface area (Å²) in [4.78, 5) is 20.5. The van der Waals surface area contributed by atoms with Crippen LogP contribution in [-0.2, 0) is 0 Å². The number of hydrogen-bond donors (Lipinski definition) is 1. The third-order valence-corrected chi connectivity index (χ3v) is 6.46. The van der Waals surface area contributed by atoms with Crippen molar-refractivity contribution in [2.24, 2.45) is 5.41 Å². The Hall–Kier alpha value is -2.38. The van der Waals surface area contributed by atoms with Gasteiger partial charge in [-0.3, -0.25) is 9.20 Å². The Morgan fingerprint density at radius 3 is 3.15 bits per heavy atom.